The van der Waals surface area contributed by atoms with E-state index in [0.29, 0.717) is 0 Å². The zero-order valence-corrected chi connectivity index (χ0v) is 9.84. The first-order chi connectivity index (χ1) is 8.40. The normalized spacial score (nSPS) is 10.4. The first-order valence-corrected chi connectivity index (χ1v) is 5.75. The number of hydrogen-bond donors (Lipinski definition) is 1. The first kappa shape index (κ1) is 11.6. The first-order valence-electron chi connectivity index (χ1n) is 5.75. The standard InChI is InChI=1S/C14H17N3/c1-2-8-15-11-14-16-9-10-17(14)12-13-6-4-3-5-7-13/h2-7,9-10,15H,1,8,11-12H2. The van der Waals surface area contributed by atoms with Crippen molar-refractivity contribution in [2.45, 2.75) is 13.1 Å². The summed E-state index contributed by atoms with van der Waals surface area (Å²) in [7, 11) is 0. The number of hydrogen-bond acceptors (Lipinski definition) is 2. The van der Waals surface area contributed by atoms with Gasteiger partial charge in [0.1, 0.15) is 5.82 Å². The number of nitrogens with zero attached hydrogens (tertiary/aromatic N) is 2. The number of aromatic nitrogens is 2. The van der Waals surface area contributed by atoms with Gasteiger partial charge >= 0.3 is 0 Å². The molecule has 1 heterocycles. The van der Waals surface area contributed by atoms with E-state index in [9.17, 15) is 0 Å². The summed E-state index contributed by atoms with van der Waals surface area (Å²) in [5.41, 5.74) is 1.29. The van der Waals surface area contributed by atoms with Gasteiger partial charge in [0.25, 0.3) is 0 Å². The molecule has 17 heavy (non-hydrogen) atoms. The Bertz CT molecular complexity index is 459. The topological polar surface area (TPSA) is 29.9 Å². The van der Waals surface area contributed by atoms with Crippen molar-refractivity contribution < 1.29 is 0 Å². The van der Waals surface area contributed by atoms with Gasteiger partial charge in [0, 0.05) is 25.5 Å². The molecule has 0 radical (unpaired) electrons. The molecule has 0 aliphatic heterocycles. The predicted molar refractivity (Wildman–Crippen MR) is 69.7 cm³/mol. The van der Waals surface area contributed by atoms with E-state index in [1.807, 2.05) is 24.5 Å². The molecule has 2 rings (SSSR count). The van der Waals surface area contributed by atoms with Gasteiger partial charge in [-0.15, -0.1) is 6.58 Å². The highest BCUT2D eigenvalue weighted by atomic mass is 15.1. The van der Waals surface area contributed by atoms with Gasteiger partial charge in [-0.3, -0.25) is 0 Å². The minimum absolute atomic E-state index is 0.770. The molecule has 0 saturated carbocycles. The molecule has 0 aliphatic carbocycles. The predicted octanol–water partition coefficient (Wildman–Crippen LogP) is 2.21. The van der Waals surface area contributed by atoms with Crippen molar-refractivity contribution in [3.05, 3.63) is 66.8 Å². The average molecular weight is 227 g/mol. The molecular formula is C14H17N3. The fraction of sp³-hybridized carbons (Fsp3) is 0.214. The fourth-order valence-corrected chi connectivity index (χ4v) is 1.72. The van der Waals surface area contributed by atoms with Crippen molar-refractivity contribution in [1.29, 1.82) is 0 Å². The zero-order valence-electron chi connectivity index (χ0n) is 9.84. The molecule has 0 amide bonds. The Kier molecular flexibility index (Phi) is 4.11. The minimum atomic E-state index is 0.770. The van der Waals surface area contributed by atoms with Crippen molar-refractivity contribution in [3.8, 4) is 0 Å². The third-order valence-electron chi connectivity index (χ3n) is 2.57. The van der Waals surface area contributed by atoms with E-state index >= 15 is 0 Å². The average Bonchev–Trinajstić information content (AvgIpc) is 2.79. The summed E-state index contributed by atoms with van der Waals surface area (Å²) in [6.07, 6.45) is 5.70. The van der Waals surface area contributed by atoms with Gasteiger partial charge in [0.2, 0.25) is 0 Å². The summed E-state index contributed by atoms with van der Waals surface area (Å²) in [4.78, 5) is 4.35. The Hall–Kier alpha value is -1.87. The molecule has 3 heteroatoms. The van der Waals surface area contributed by atoms with Gasteiger partial charge in [-0.25, -0.2) is 4.98 Å². The molecule has 1 N–H and O–H groups in total. The number of benzene rings is 1. The van der Waals surface area contributed by atoms with Crippen LogP contribution in [0.1, 0.15) is 11.4 Å². The van der Waals surface area contributed by atoms with Gasteiger partial charge < -0.3 is 9.88 Å². The second-order valence-electron chi connectivity index (χ2n) is 3.88. The highest BCUT2D eigenvalue weighted by Gasteiger charge is 2.02. The van der Waals surface area contributed by atoms with E-state index in [-0.39, 0.29) is 0 Å². The smallest absolute Gasteiger partial charge is 0.122 e. The summed E-state index contributed by atoms with van der Waals surface area (Å²) >= 11 is 0. The summed E-state index contributed by atoms with van der Waals surface area (Å²) in [6.45, 7) is 6.12. The van der Waals surface area contributed by atoms with Crippen LogP contribution in [0.3, 0.4) is 0 Å². The van der Waals surface area contributed by atoms with Crippen molar-refractivity contribution >= 4 is 0 Å². The van der Waals surface area contributed by atoms with Crippen molar-refractivity contribution in [2.24, 2.45) is 0 Å². The summed E-state index contributed by atoms with van der Waals surface area (Å²) in [5, 5.41) is 3.26. The molecule has 0 spiro atoms. The maximum atomic E-state index is 4.35. The second kappa shape index (κ2) is 6.01. The molecule has 0 atom stereocenters. The monoisotopic (exact) mass is 227 g/mol. The Morgan fingerprint density at radius 3 is 2.88 bits per heavy atom. The van der Waals surface area contributed by atoms with Crippen molar-refractivity contribution in [2.75, 3.05) is 6.54 Å². The van der Waals surface area contributed by atoms with Gasteiger partial charge in [-0.1, -0.05) is 36.4 Å². The molecule has 1 aromatic carbocycles. The highest BCUT2D eigenvalue weighted by molar-refractivity contribution is 5.15. The third-order valence-corrected chi connectivity index (χ3v) is 2.57. The number of rotatable bonds is 6. The lowest BCUT2D eigenvalue weighted by atomic mass is 10.2. The molecule has 2 aromatic rings. The van der Waals surface area contributed by atoms with Gasteiger partial charge in [0.05, 0.1) is 6.54 Å². The van der Waals surface area contributed by atoms with Crippen LogP contribution in [-0.4, -0.2) is 16.1 Å². The lowest BCUT2D eigenvalue weighted by Gasteiger charge is -2.08. The van der Waals surface area contributed by atoms with E-state index in [2.05, 4.69) is 45.7 Å². The molecule has 1 aromatic heterocycles. The third kappa shape index (κ3) is 3.29. The number of imidazole rings is 1. The molecule has 0 fully saturated rings. The Morgan fingerprint density at radius 1 is 1.29 bits per heavy atom. The Morgan fingerprint density at radius 2 is 2.12 bits per heavy atom. The van der Waals surface area contributed by atoms with Crippen LogP contribution in [0.4, 0.5) is 0 Å². The van der Waals surface area contributed by atoms with Gasteiger partial charge in [-0.05, 0) is 5.56 Å². The summed E-state index contributed by atoms with van der Waals surface area (Å²) < 4.78 is 2.16. The molecule has 3 nitrogen and oxygen atoms in total. The van der Waals surface area contributed by atoms with E-state index in [4.69, 9.17) is 0 Å². The quantitative estimate of drug-likeness (QED) is 0.605. The fourth-order valence-electron chi connectivity index (χ4n) is 1.72. The van der Waals surface area contributed by atoms with Crippen LogP contribution in [0.25, 0.3) is 0 Å². The van der Waals surface area contributed by atoms with Crippen LogP contribution in [0.2, 0.25) is 0 Å². The van der Waals surface area contributed by atoms with Crippen LogP contribution in [-0.2, 0) is 13.1 Å². The zero-order chi connectivity index (χ0) is 11.9. The van der Waals surface area contributed by atoms with Crippen LogP contribution in [0.5, 0.6) is 0 Å². The van der Waals surface area contributed by atoms with Crippen molar-refractivity contribution in [1.82, 2.24) is 14.9 Å². The Labute approximate surface area is 102 Å². The van der Waals surface area contributed by atoms with Crippen molar-refractivity contribution in [3.63, 3.8) is 0 Å². The van der Waals surface area contributed by atoms with E-state index < -0.39 is 0 Å². The second-order valence-corrected chi connectivity index (χ2v) is 3.88. The summed E-state index contributed by atoms with van der Waals surface area (Å²) in [6, 6.07) is 10.4. The van der Waals surface area contributed by atoms with E-state index in [1.54, 1.807) is 0 Å². The van der Waals surface area contributed by atoms with Gasteiger partial charge in [-0.2, -0.15) is 0 Å². The largest absolute Gasteiger partial charge is 0.329 e. The van der Waals surface area contributed by atoms with E-state index in [1.165, 1.54) is 5.56 Å². The molecule has 0 bridgehead atoms. The molecule has 0 unspecified atom stereocenters. The Balaban J connectivity index is 2.01. The molecule has 0 saturated heterocycles. The van der Waals surface area contributed by atoms with Crippen LogP contribution in [0.15, 0.2) is 55.4 Å². The SMILES string of the molecule is C=CCNCc1nccn1Cc1ccccc1. The van der Waals surface area contributed by atoms with E-state index in [0.717, 1.165) is 25.5 Å². The number of nitrogens with one attached hydrogen (secondary N) is 1. The molecule has 0 aliphatic rings. The lowest BCUT2D eigenvalue weighted by molar-refractivity contribution is 0.653. The summed E-state index contributed by atoms with van der Waals surface area (Å²) in [5.74, 6) is 1.05. The minimum Gasteiger partial charge on any atom is -0.329 e. The lowest BCUT2D eigenvalue weighted by Crippen LogP contribution is -2.17. The van der Waals surface area contributed by atoms with Crippen LogP contribution < -0.4 is 5.32 Å². The van der Waals surface area contributed by atoms with Crippen LogP contribution >= 0.6 is 0 Å². The van der Waals surface area contributed by atoms with Crippen LogP contribution in [0, 0.1) is 0 Å². The molecular weight excluding hydrogens is 210 g/mol. The maximum Gasteiger partial charge on any atom is 0.122 e. The highest BCUT2D eigenvalue weighted by Crippen LogP contribution is 2.05. The maximum absolute atomic E-state index is 4.35. The molecule has 88 valence electrons. The van der Waals surface area contributed by atoms with Gasteiger partial charge in [0.15, 0.2) is 0 Å².